The maximum Gasteiger partial charge on any atom is 0.231 e. The molecule has 1 atom stereocenters. The molecule has 2 aromatic rings. The van der Waals surface area contributed by atoms with Gasteiger partial charge in [-0.3, -0.25) is 0 Å². The van der Waals surface area contributed by atoms with Gasteiger partial charge < -0.3 is 28.4 Å². The number of rotatable bonds is 4. The monoisotopic (exact) mass is 382 g/mol. The van der Waals surface area contributed by atoms with Gasteiger partial charge in [0.05, 0.1) is 21.3 Å². The highest BCUT2D eigenvalue weighted by atomic mass is 16.7. The fourth-order valence-corrected chi connectivity index (χ4v) is 4.38. The number of fused-ring (bicyclic) bond motifs is 2. The second kappa shape index (κ2) is 6.55. The minimum atomic E-state index is 0.0458. The highest BCUT2D eigenvalue weighted by molar-refractivity contribution is 5.63. The molecule has 0 bridgehead atoms. The summed E-state index contributed by atoms with van der Waals surface area (Å²) >= 11 is 0. The molecule has 0 unspecified atom stereocenters. The molecule has 5 rings (SSSR count). The van der Waals surface area contributed by atoms with Gasteiger partial charge in [-0.25, -0.2) is 0 Å². The SMILES string of the molecule is COc1cc([C@@H]2C3=C(CCC3)Oc3cc4c(cc32)OCO4)cc(OC)c1OC. The van der Waals surface area contributed by atoms with Gasteiger partial charge in [-0.1, -0.05) is 0 Å². The molecule has 0 amide bonds. The molecule has 1 aliphatic carbocycles. The van der Waals surface area contributed by atoms with Crippen LogP contribution in [-0.2, 0) is 0 Å². The third-order valence-corrected chi connectivity index (χ3v) is 5.63. The first kappa shape index (κ1) is 17.1. The fourth-order valence-electron chi connectivity index (χ4n) is 4.38. The zero-order valence-electron chi connectivity index (χ0n) is 16.2. The third kappa shape index (κ3) is 2.47. The van der Waals surface area contributed by atoms with E-state index >= 15 is 0 Å². The average Bonchev–Trinajstić information content (AvgIpc) is 3.37. The zero-order chi connectivity index (χ0) is 19.3. The van der Waals surface area contributed by atoms with Gasteiger partial charge in [-0.05, 0) is 42.2 Å². The van der Waals surface area contributed by atoms with Crippen molar-refractivity contribution in [3.05, 3.63) is 46.7 Å². The summed E-state index contributed by atoms with van der Waals surface area (Å²) < 4.78 is 34.1. The average molecular weight is 382 g/mol. The zero-order valence-corrected chi connectivity index (χ0v) is 16.2. The largest absolute Gasteiger partial charge is 0.493 e. The van der Waals surface area contributed by atoms with Crippen LogP contribution in [0.4, 0.5) is 0 Å². The summed E-state index contributed by atoms with van der Waals surface area (Å²) in [7, 11) is 4.89. The maximum atomic E-state index is 6.25. The van der Waals surface area contributed by atoms with Crippen molar-refractivity contribution in [1.29, 1.82) is 0 Å². The van der Waals surface area contributed by atoms with E-state index in [9.17, 15) is 0 Å². The molecular weight excluding hydrogens is 360 g/mol. The Bertz CT molecular complexity index is 952. The Morgan fingerprint density at radius 1 is 0.821 bits per heavy atom. The van der Waals surface area contributed by atoms with Crippen LogP contribution >= 0.6 is 0 Å². The van der Waals surface area contributed by atoms with Crippen LogP contribution in [0.2, 0.25) is 0 Å². The van der Waals surface area contributed by atoms with Gasteiger partial charge in [0.15, 0.2) is 23.0 Å². The van der Waals surface area contributed by atoms with Crippen LogP contribution in [0.5, 0.6) is 34.5 Å². The van der Waals surface area contributed by atoms with Crippen LogP contribution in [0.25, 0.3) is 0 Å². The molecule has 0 fully saturated rings. The second-order valence-electron chi connectivity index (χ2n) is 7.04. The predicted octanol–water partition coefficient (Wildman–Crippen LogP) is 4.40. The molecule has 2 aromatic carbocycles. The number of methoxy groups -OCH3 is 3. The minimum absolute atomic E-state index is 0.0458. The first-order valence-corrected chi connectivity index (χ1v) is 9.36. The van der Waals surface area contributed by atoms with Crippen molar-refractivity contribution in [3.63, 3.8) is 0 Å². The third-order valence-electron chi connectivity index (χ3n) is 5.63. The van der Waals surface area contributed by atoms with Crippen LogP contribution in [0, 0.1) is 0 Å². The molecule has 28 heavy (non-hydrogen) atoms. The lowest BCUT2D eigenvalue weighted by atomic mass is 9.82. The van der Waals surface area contributed by atoms with E-state index in [0.717, 1.165) is 53.4 Å². The quantitative estimate of drug-likeness (QED) is 0.781. The van der Waals surface area contributed by atoms with Crippen LogP contribution in [-0.4, -0.2) is 28.1 Å². The smallest absolute Gasteiger partial charge is 0.231 e. The Labute approximate surface area is 163 Å². The molecule has 2 heterocycles. The van der Waals surface area contributed by atoms with Gasteiger partial charge in [-0.2, -0.15) is 0 Å². The Hall–Kier alpha value is -3.02. The van der Waals surface area contributed by atoms with E-state index in [1.165, 1.54) is 5.57 Å². The van der Waals surface area contributed by atoms with Crippen molar-refractivity contribution < 1.29 is 28.4 Å². The number of hydrogen-bond donors (Lipinski definition) is 0. The van der Waals surface area contributed by atoms with Crippen molar-refractivity contribution in [3.8, 4) is 34.5 Å². The number of hydrogen-bond acceptors (Lipinski definition) is 6. The standard InChI is InChI=1S/C22H22O6/c1-23-19-7-12(8-20(24-2)22(19)25-3)21-13-5-4-6-15(13)28-16-10-18-17(9-14(16)21)26-11-27-18/h7-10,21H,4-6,11H2,1-3H3/t21-/m1/s1. The molecule has 0 radical (unpaired) electrons. The Kier molecular flexibility index (Phi) is 4.00. The molecule has 2 aliphatic heterocycles. The summed E-state index contributed by atoms with van der Waals surface area (Å²) in [4.78, 5) is 0. The molecule has 0 spiro atoms. The van der Waals surface area contributed by atoms with Gasteiger partial charge in [0.2, 0.25) is 12.5 Å². The molecule has 3 aliphatic rings. The highest BCUT2D eigenvalue weighted by Gasteiger charge is 2.36. The molecule has 6 heteroatoms. The normalized spacial score (nSPS) is 19.0. The number of ether oxygens (including phenoxy) is 6. The molecule has 6 nitrogen and oxygen atoms in total. The van der Waals surface area contributed by atoms with Crippen molar-refractivity contribution in [2.75, 3.05) is 28.1 Å². The van der Waals surface area contributed by atoms with Gasteiger partial charge in [0, 0.05) is 24.0 Å². The minimum Gasteiger partial charge on any atom is -0.493 e. The number of allylic oxidation sites excluding steroid dienone is 2. The number of benzene rings is 2. The molecule has 0 N–H and O–H groups in total. The lowest BCUT2D eigenvalue weighted by molar-refractivity contribution is 0.174. The first-order valence-electron chi connectivity index (χ1n) is 9.36. The summed E-state index contributed by atoms with van der Waals surface area (Å²) in [6.07, 6.45) is 3.04. The molecule has 146 valence electrons. The van der Waals surface area contributed by atoms with Gasteiger partial charge in [-0.15, -0.1) is 0 Å². The topological polar surface area (TPSA) is 55.4 Å². The van der Waals surface area contributed by atoms with E-state index in [0.29, 0.717) is 17.2 Å². The van der Waals surface area contributed by atoms with Crippen molar-refractivity contribution in [2.24, 2.45) is 0 Å². The van der Waals surface area contributed by atoms with E-state index in [-0.39, 0.29) is 12.7 Å². The second-order valence-corrected chi connectivity index (χ2v) is 7.04. The van der Waals surface area contributed by atoms with Crippen LogP contribution in [0.1, 0.15) is 36.3 Å². The summed E-state index contributed by atoms with van der Waals surface area (Å²) in [5.74, 6) is 5.29. The van der Waals surface area contributed by atoms with Crippen molar-refractivity contribution in [2.45, 2.75) is 25.2 Å². The molecule has 0 aromatic heterocycles. The fraction of sp³-hybridized carbons (Fsp3) is 0.364. The Balaban J connectivity index is 1.71. The summed E-state index contributed by atoms with van der Waals surface area (Å²) in [6.45, 7) is 0.236. The summed E-state index contributed by atoms with van der Waals surface area (Å²) in [5, 5.41) is 0. The molecule has 0 saturated carbocycles. The van der Waals surface area contributed by atoms with Crippen molar-refractivity contribution in [1.82, 2.24) is 0 Å². The first-order chi connectivity index (χ1) is 13.7. The molecular formula is C22H22O6. The van der Waals surface area contributed by atoms with Crippen molar-refractivity contribution >= 4 is 0 Å². The summed E-state index contributed by atoms with van der Waals surface area (Å²) in [6, 6.07) is 8.02. The lowest BCUT2D eigenvalue weighted by Crippen LogP contribution is -2.14. The van der Waals surface area contributed by atoms with E-state index in [1.807, 2.05) is 24.3 Å². The Morgan fingerprint density at radius 2 is 1.54 bits per heavy atom. The van der Waals surface area contributed by atoms with E-state index < -0.39 is 0 Å². The predicted molar refractivity (Wildman–Crippen MR) is 102 cm³/mol. The van der Waals surface area contributed by atoms with Gasteiger partial charge in [0.1, 0.15) is 11.5 Å². The van der Waals surface area contributed by atoms with E-state index in [4.69, 9.17) is 28.4 Å². The highest BCUT2D eigenvalue weighted by Crippen LogP contribution is 2.53. The van der Waals surface area contributed by atoms with E-state index in [1.54, 1.807) is 21.3 Å². The lowest BCUT2D eigenvalue weighted by Gasteiger charge is -2.29. The maximum absolute atomic E-state index is 6.25. The van der Waals surface area contributed by atoms with Crippen LogP contribution in [0.15, 0.2) is 35.6 Å². The van der Waals surface area contributed by atoms with Gasteiger partial charge in [0.25, 0.3) is 0 Å². The van der Waals surface area contributed by atoms with Gasteiger partial charge >= 0.3 is 0 Å². The van der Waals surface area contributed by atoms with Crippen LogP contribution < -0.4 is 28.4 Å². The van der Waals surface area contributed by atoms with E-state index in [2.05, 4.69) is 0 Å². The molecule has 0 saturated heterocycles. The summed E-state index contributed by atoms with van der Waals surface area (Å²) in [5.41, 5.74) is 3.45. The van der Waals surface area contributed by atoms with Crippen LogP contribution in [0.3, 0.4) is 0 Å². The Morgan fingerprint density at radius 3 is 2.21 bits per heavy atom.